The van der Waals surface area contributed by atoms with E-state index in [0.717, 1.165) is 0 Å². The van der Waals surface area contributed by atoms with Crippen molar-refractivity contribution in [1.29, 1.82) is 0 Å². The molecule has 0 aliphatic rings. The minimum Gasteiger partial charge on any atom is -0.323 e. The number of allylic oxidation sites excluding steroid dienone is 1. The van der Waals surface area contributed by atoms with E-state index in [1.54, 1.807) is 6.07 Å². The summed E-state index contributed by atoms with van der Waals surface area (Å²) in [7, 11) is -10.3. The van der Waals surface area contributed by atoms with Crippen LogP contribution in [-0.4, -0.2) is 19.6 Å². The quantitative estimate of drug-likeness (QED) is 0.488. The molecule has 0 spiro atoms. The normalized spacial score (nSPS) is 13.4. The molecular formula is C9H12O6P2. The van der Waals surface area contributed by atoms with Crippen molar-refractivity contribution in [1.82, 2.24) is 0 Å². The summed E-state index contributed by atoms with van der Waals surface area (Å²) in [5.74, 6) is 0. The van der Waals surface area contributed by atoms with Gasteiger partial charge in [-0.25, -0.2) is 0 Å². The first-order chi connectivity index (χ1) is 7.67. The molecule has 17 heavy (non-hydrogen) atoms. The molecule has 0 unspecified atom stereocenters. The van der Waals surface area contributed by atoms with Gasteiger partial charge in [0, 0.05) is 0 Å². The molecule has 6 nitrogen and oxygen atoms in total. The van der Waals surface area contributed by atoms with Gasteiger partial charge in [-0.2, -0.15) is 0 Å². The van der Waals surface area contributed by atoms with E-state index < -0.39 is 20.1 Å². The second-order valence-electron chi connectivity index (χ2n) is 3.38. The second kappa shape index (κ2) is 4.50. The van der Waals surface area contributed by atoms with Crippen LogP contribution in [0.2, 0.25) is 0 Å². The fourth-order valence-electron chi connectivity index (χ4n) is 1.55. The summed E-state index contributed by atoms with van der Waals surface area (Å²) in [5, 5.41) is 0. The highest BCUT2D eigenvalue weighted by molar-refractivity contribution is 7.72. The van der Waals surface area contributed by atoms with Gasteiger partial charge in [0.1, 0.15) is 0 Å². The lowest BCUT2D eigenvalue weighted by atomic mass is 10.1. The average molecular weight is 278 g/mol. The lowest BCUT2D eigenvalue weighted by Gasteiger charge is -2.31. The van der Waals surface area contributed by atoms with Crippen LogP contribution in [0.15, 0.2) is 43.0 Å². The zero-order chi connectivity index (χ0) is 13.3. The summed E-state index contributed by atoms with van der Waals surface area (Å²) in [6.45, 7) is 3.16. The van der Waals surface area contributed by atoms with Crippen molar-refractivity contribution < 1.29 is 28.7 Å². The predicted octanol–water partition coefficient (Wildman–Crippen LogP) is 1.38. The molecule has 0 aliphatic carbocycles. The van der Waals surface area contributed by atoms with Gasteiger partial charge in [0.25, 0.3) is 0 Å². The summed E-state index contributed by atoms with van der Waals surface area (Å²) in [4.78, 5) is 34.4. The number of rotatable bonds is 4. The maximum absolute atomic E-state index is 11.5. The number of hydrogen-bond donors (Lipinski definition) is 4. The van der Waals surface area contributed by atoms with Gasteiger partial charge in [-0.1, -0.05) is 36.4 Å². The van der Waals surface area contributed by atoms with Gasteiger partial charge in [-0.15, -0.1) is 6.58 Å². The highest BCUT2D eigenvalue weighted by Crippen LogP contribution is 2.75. The van der Waals surface area contributed by atoms with E-state index in [4.69, 9.17) is 0 Å². The van der Waals surface area contributed by atoms with Crippen LogP contribution >= 0.6 is 15.2 Å². The van der Waals surface area contributed by atoms with Crippen molar-refractivity contribution in [3.8, 4) is 0 Å². The molecule has 1 rings (SSSR count). The third-order valence-electron chi connectivity index (χ3n) is 2.37. The van der Waals surface area contributed by atoms with Crippen molar-refractivity contribution >= 4 is 15.2 Å². The van der Waals surface area contributed by atoms with Crippen molar-refractivity contribution in [2.75, 3.05) is 0 Å². The zero-order valence-electron chi connectivity index (χ0n) is 8.67. The Morgan fingerprint density at radius 2 is 1.41 bits per heavy atom. The molecule has 0 fully saturated rings. The standard InChI is InChI=1S/C9H12O6P2/c1-2-9(16(10,11)12,17(13,14)15)8-6-4-3-5-7-8/h2-7H,1H2,(H2,10,11,12)(H2,13,14,15). The second-order valence-corrected chi connectivity index (χ2v) is 7.32. The minimum atomic E-state index is -5.13. The molecule has 0 bridgehead atoms. The Hall–Kier alpha value is -0.740. The molecule has 0 radical (unpaired) electrons. The van der Waals surface area contributed by atoms with Crippen molar-refractivity contribution in [2.45, 2.75) is 4.90 Å². The lowest BCUT2D eigenvalue weighted by molar-refractivity contribution is 0.323. The third kappa shape index (κ3) is 2.29. The molecule has 0 saturated heterocycles. The maximum atomic E-state index is 11.5. The van der Waals surface area contributed by atoms with E-state index in [2.05, 4.69) is 6.58 Å². The molecular weight excluding hydrogens is 266 g/mol. The zero-order valence-corrected chi connectivity index (χ0v) is 10.5. The summed E-state index contributed by atoms with van der Waals surface area (Å²) < 4.78 is 22.9. The van der Waals surface area contributed by atoms with E-state index in [-0.39, 0.29) is 5.56 Å². The molecule has 0 aliphatic heterocycles. The molecule has 4 N–H and O–H groups in total. The largest absolute Gasteiger partial charge is 0.352 e. The SMILES string of the molecule is C=CC(c1ccccc1)(P(=O)(O)O)P(=O)(O)O. The topological polar surface area (TPSA) is 115 Å². The fraction of sp³-hybridized carbons (Fsp3) is 0.111. The molecule has 8 heteroatoms. The van der Waals surface area contributed by atoms with Gasteiger partial charge in [-0.3, -0.25) is 9.13 Å². The summed E-state index contributed by atoms with van der Waals surface area (Å²) >= 11 is 0. The number of benzene rings is 1. The average Bonchev–Trinajstić information content (AvgIpc) is 2.16. The lowest BCUT2D eigenvalue weighted by Crippen LogP contribution is -2.23. The summed E-state index contributed by atoms with van der Waals surface area (Å²) in [5.41, 5.74) is -0.170. The number of hydrogen-bond acceptors (Lipinski definition) is 2. The monoisotopic (exact) mass is 278 g/mol. The first-order valence-corrected chi connectivity index (χ1v) is 7.69. The summed E-state index contributed by atoms with van der Waals surface area (Å²) in [6.07, 6.45) is 0.615. The van der Waals surface area contributed by atoms with Crippen molar-refractivity contribution in [3.05, 3.63) is 48.6 Å². The Kier molecular flexibility index (Phi) is 3.79. The van der Waals surface area contributed by atoms with E-state index in [9.17, 15) is 28.7 Å². The van der Waals surface area contributed by atoms with Crippen LogP contribution in [0.1, 0.15) is 5.56 Å². The van der Waals surface area contributed by atoms with Gasteiger partial charge < -0.3 is 19.6 Å². The van der Waals surface area contributed by atoms with Crippen LogP contribution in [0, 0.1) is 0 Å². The van der Waals surface area contributed by atoms with Gasteiger partial charge >= 0.3 is 15.2 Å². The predicted molar refractivity (Wildman–Crippen MR) is 62.4 cm³/mol. The highest BCUT2D eigenvalue weighted by atomic mass is 31.2. The van der Waals surface area contributed by atoms with Crippen molar-refractivity contribution in [3.63, 3.8) is 0 Å². The van der Waals surface area contributed by atoms with E-state index >= 15 is 0 Å². The Labute approximate surface area is 97.9 Å². The molecule has 0 aromatic heterocycles. The highest BCUT2D eigenvalue weighted by Gasteiger charge is 2.59. The molecule has 1 aromatic rings. The third-order valence-corrected chi connectivity index (χ3v) is 6.59. The van der Waals surface area contributed by atoms with Gasteiger partial charge in [0.2, 0.25) is 4.90 Å². The molecule has 94 valence electrons. The van der Waals surface area contributed by atoms with Crippen LogP contribution in [0.5, 0.6) is 0 Å². The molecule has 0 saturated carbocycles. The Bertz CT molecular complexity index is 477. The molecule has 0 heterocycles. The maximum Gasteiger partial charge on any atom is 0.352 e. The first kappa shape index (κ1) is 14.3. The van der Waals surface area contributed by atoms with Crippen LogP contribution in [0.3, 0.4) is 0 Å². The van der Waals surface area contributed by atoms with Gasteiger partial charge in [0.05, 0.1) is 0 Å². The Morgan fingerprint density at radius 3 is 1.71 bits per heavy atom. The van der Waals surface area contributed by atoms with Gasteiger partial charge in [-0.05, 0) is 5.56 Å². The Balaban J connectivity index is 3.68. The van der Waals surface area contributed by atoms with E-state index in [0.29, 0.717) is 6.08 Å². The van der Waals surface area contributed by atoms with Crippen LogP contribution in [0.25, 0.3) is 0 Å². The van der Waals surface area contributed by atoms with Crippen LogP contribution < -0.4 is 0 Å². The minimum absolute atomic E-state index is 0.170. The molecule has 0 amide bonds. The van der Waals surface area contributed by atoms with E-state index in [1.165, 1.54) is 24.3 Å². The Morgan fingerprint density at radius 1 is 1.00 bits per heavy atom. The first-order valence-electron chi connectivity index (χ1n) is 4.47. The molecule has 1 aromatic carbocycles. The van der Waals surface area contributed by atoms with Crippen LogP contribution in [0.4, 0.5) is 0 Å². The fourth-order valence-corrected chi connectivity index (χ4v) is 4.35. The molecule has 0 atom stereocenters. The summed E-state index contributed by atoms with van der Waals surface area (Å²) in [6, 6.07) is 6.90. The smallest absolute Gasteiger partial charge is 0.323 e. The van der Waals surface area contributed by atoms with Gasteiger partial charge in [0.15, 0.2) is 0 Å². The van der Waals surface area contributed by atoms with Crippen LogP contribution in [-0.2, 0) is 14.0 Å². The van der Waals surface area contributed by atoms with E-state index in [1.807, 2.05) is 0 Å². The van der Waals surface area contributed by atoms with Crippen molar-refractivity contribution in [2.24, 2.45) is 0 Å².